The molecule has 2 atom stereocenters. The van der Waals surface area contributed by atoms with Crippen LogP contribution in [0.2, 0.25) is 0 Å². The average Bonchev–Trinajstić information content (AvgIpc) is 3.03. The van der Waals surface area contributed by atoms with E-state index in [1.807, 2.05) is 25.1 Å². The molecule has 1 saturated carbocycles. The average molecular weight is 414 g/mol. The molecular weight excluding hydrogens is 392 g/mol. The highest BCUT2D eigenvalue weighted by Gasteiger charge is 2.48. The molecule has 5 rings (SSSR count). The van der Waals surface area contributed by atoms with Gasteiger partial charge in [-0.2, -0.15) is 0 Å². The minimum atomic E-state index is -1.01. The highest BCUT2D eigenvalue weighted by molar-refractivity contribution is 6.22. The topological polar surface area (TPSA) is 87.6 Å². The molecule has 2 amide bonds. The minimum absolute atomic E-state index is 0.102. The van der Waals surface area contributed by atoms with Crippen LogP contribution in [0.5, 0.6) is 0 Å². The van der Waals surface area contributed by atoms with Crippen LogP contribution >= 0.6 is 0 Å². The van der Waals surface area contributed by atoms with E-state index in [1.165, 1.54) is 4.90 Å². The normalized spacial score (nSPS) is 20.9. The molecule has 1 saturated heterocycles. The maximum atomic E-state index is 12.8. The molecule has 1 aliphatic carbocycles. The van der Waals surface area contributed by atoms with Crippen LogP contribution in [0, 0.1) is 18.8 Å². The van der Waals surface area contributed by atoms with Crippen LogP contribution in [-0.2, 0) is 9.59 Å². The van der Waals surface area contributed by atoms with Crippen LogP contribution in [0.4, 0.5) is 5.69 Å². The fraction of sp³-hybridized carbons (Fsp3) is 0.280. The molecule has 156 valence electrons. The smallest absolute Gasteiger partial charge is 0.336 e. The molecule has 0 radical (unpaired) electrons. The third-order valence-electron chi connectivity index (χ3n) is 6.46. The number of aromatic carboxylic acids is 1. The molecule has 31 heavy (non-hydrogen) atoms. The number of rotatable bonds is 3. The lowest BCUT2D eigenvalue weighted by Gasteiger charge is -2.19. The molecule has 2 aliphatic rings. The van der Waals surface area contributed by atoms with E-state index < -0.39 is 5.97 Å². The molecule has 6 heteroatoms. The quantitative estimate of drug-likeness (QED) is 0.634. The van der Waals surface area contributed by atoms with Crippen molar-refractivity contribution >= 4 is 34.4 Å². The molecular formula is C25H22N2O4. The number of anilines is 1. The maximum Gasteiger partial charge on any atom is 0.336 e. The van der Waals surface area contributed by atoms with E-state index in [9.17, 15) is 19.5 Å². The lowest BCUT2D eigenvalue weighted by Crippen LogP contribution is -2.30. The van der Waals surface area contributed by atoms with Crippen molar-refractivity contribution in [1.82, 2.24) is 4.98 Å². The van der Waals surface area contributed by atoms with Gasteiger partial charge < -0.3 is 5.11 Å². The van der Waals surface area contributed by atoms with Gasteiger partial charge in [0.15, 0.2) is 0 Å². The first-order valence-corrected chi connectivity index (χ1v) is 10.6. The molecule has 0 bridgehead atoms. The number of amides is 2. The van der Waals surface area contributed by atoms with Gasteiger partial charge in [0.1, 0.15) is 0 Å². The zero-order chi connectivity index (χ0) is 21.7. The predicted octanol–water partition coefficient (Wildman–Crippen LogP) is 4.59. The molecule has 2 fully saturated rings. The number of carboxylic acid groups (broad SMARTS) is 1. The van der Waals surface area contributed by atoms with Gasteiger partial charge in [0.2, 0.25) is 11.8 Å². The van der Waals surface area contributed by atoms with Gasteiger partial charge >= 0.3 is 5.97 Å². The van der Waals surface area contributed by atoms with Gasteiger partial charge in [-0.3, -0.25) is 14.5 Å². The minimum Gasteiger partial charge on any atom is -0.478 e. The Balaban J connectivity index is 1.51. The highest BCUT2D eigenvalue weighted by atomic mass is 16.4. The molecule has 1 aromatic heterocycles. The number of carbonyl (C=O) groups excluding carboxylic acids is 2. The number of aryl methyl sites for hydroxylation is 1. The third kappa shape index (κ3) is 3.19. The molecule has 2 heterocycles. The van der Waals surface area contributed by atoms with Crippen LogP contribution in [0.15, 0.2) is 48.5 Å². The predicted molar refractivity (Wildman–Crippen MR) is 117 cm³/mol. The van der Waals surface area contributed by atoms with Crippen molar-refractivity contribution in [3.8, 4) is 11.3 Å². The highest BCUT2D eigenvalue weighted by Crippen LogP contribution is 2.40. The van der Waals surface area contributed by atoms with E-state index >= 15 is 0 Å². The summed E-state index contributed by atoms with van der Waals surface area (Å²) in [6.45, 7) is 1.91. The van der Waals surface area contributed by atoms with Crippen molar-refractivity contribution in [3.63, 3.8) is 0 Å². The number of pyridine rings is 1. The lowest BCUT2D eigenvalue weighted by molar-refractivity contribution is -0.122. The van der Waals surface area contributed by atoms with E-state index in [2.05, 4.69) is 4.98 Å². The van der Waals surface area contributed by atoms with Gasteiger partial charge in [0.05, 0.1) is 34.3 Å². The van der Waals surface area contributed by atoms with Crippen LogP contribution in [0.25, 0.3) is 22.2 Å². The van der Waals surface area contributed by atoms with Crippen molar-refractivity contribution in [2.24, 2.45) is 11.8 Å². The second-order valence-electron chi connectivity index (χ2n) is 8.44. The summed E-state index contributed by atoms with van der Waals surface area (Å²) in [6.07, 6.45) is 3.54. The van der Waals surface area contributed by atoms with Crippen molar-refractivity contribution < 1.29 is 19.5 Å². The Labute approximate surface area is 179 Å². The fourth-order valence-electron chi connectivity index (χ4n) is 4.86. The first kappa shape index (κ1) is 19.4. The van der Waals surface area contributed by atoms with Crippen LogP contribution in [0.1, 0.15) is 41.6 Å². The summed E-state index contributed by atoms with van der Waals surface area (Å²) in [5.41, 5.74) is 3.59. The number of imide groups is 1. The monoisotopic (exact) mass is 414 g/mol. The van der Waals surface area contributed by atoms with Crippen molar-refractivity contribution in [2.75, 3.05) is 4.90 Å². The summed E-state index contributed by atoms with van der Waals surface area (Å²) < 4.78 is 0. The summed E-state index contributed by atoms with van der Waals surface area (Å²) >= 11 is 0. The molecule has 6 nitrogen and oxygen atoms in total. The Morgan fingerprint density at radius 2 is 1.61 bits per heavy atom. The Bertz CT molecular complexity index is 1210. The van der Waals surface area contributed by atoms with Crippen LogP contribution < -0.4 is 4.90 Å². The summed E-state index contributed by atoms with van der Waals surface area (Å²) in [4.78, 5) is 43.4. The third-order valence-corrected chi connectivity index (χ3v) is 6.46. The van der Waals surface area contributed by atoms with Gasteiger partial charge in [-0.1, -0.05) is 36.6 Å². The zero-order valence-electron chi connectivity index (χ0n) is 17.2. The van der Waals surface area contributed by atoms with Crippen molar-refractivity contribution in [3.05, 3.63) is 59.7 Å². The Hall–Kier alpha value is -3.54. The zero-order valence-corrected chi connectivity index (χ0v) is 17.2. The molecule has 0 spiro atoms. The maximum absolute atomic E-state index is 12.8. The van der Waals surface area contributed by atoms with E-state index in [-0.39, 0.29) is 29.2 Å². The SMILES string of the molecule is Cc1ccc2nc(-c3ccc(N4C(=O)[C@H]5CCCC[C@@H]5C4=O)cc3)cc(C(=O)O)c2c1. The first-order valence-electron chi connectivity index (χ1n) is 10.6. The Morgan fingerprint density at radius 3 is 2.23 bits per heavy atom. The van der Waals surface area contributed by atoms with Gasteiger partial charge in [-0.25, -0.2) is 9.78 Å². The Kier molecular flexibility index (Phi) is 4.58. The van der Waals surface area contributed by atoms with E-state index in [1.54, 1.807) is 30.3 Å². The molecule has 3 aromatic rings. The number of hydrogen-bond acceptors (Lipinski definition) is 4. The standard InChI is InChI=1S/C25H22N2O4/c1-14-6-11-21-19(12-14)20(25(30)31)13-22(26-21)15-7-9-16(10-8-15)27-23(28)17-4-2-3-5-18(17)24(27)29/h6-13,17-18H,2-5H2,1H3,(H,30,31)/t17-,18-/m0/s1. The number of carbonyl (C=O) groups is 3. The number of benzene rings is 2. The van der Waals surface area contributed by atoms with Gasteiger partial charge in [0.25, 0.3) is 0 Å². The number of hydrogen-bond donors (Lipinski definition) is 1. The lowest BCUT2D eigenvalue weighted by atomic mass is 9.81. The summed E-state index contributed by atoms with van der Waals surface area (Å²) in [6, 6.07) is 14.2. The van der Waals surface area contributed by atoms with E-state index in [0.717, 1.165) is 36.8 Å². The Morgan fingerprint density at radius 1 is 0.968 bits per heavy atom. The number of nitrogens with zero attached hydrogens (tertiary/aromatic N) is 2. The number of aromatic nitrogens is 1. The van der Waals surface area contributed by atoms with E-state index in [4.69, 9.17) is 0 Å². The number of carboxylic acids is 1. The van der Waals surface area contributed by atoms with E-state index in [0.29, 0.717) is 22.3 Å². The summed E-state index contributed by atoms with van der Waals surface area (Å²) in [5.74, 6) is -1.59. The second-order valence-corrected chi connectivity index (χ2v) is 8.44. The van der Waals surface area contributed by atoms with Crippen molar-refractivity contribution in [2.45, 2.75) is 32.6 Å². The first-order chi connectivity index (χ1) is 14.9. The molecule has 2 aromatic carbocycles. The van der Waals surface area contributed by atoms with Crippen LogP contribution in [0.3, 0.4) is 0 Å². The summed E-state index contributed by atoms with van der Waals surface area (Å²) in [7, 11) is 0. The van der Waals surface area contributed by atoms with Gasteiger partial charge in [-0.15, -0.1) is 0 Å². The molecule has 1 aliphatic heterocycles. The van der Waals surface area contributed by atoms with Crippen LogP contribution in [-0.4, -0.2) is 27.9 Å². The van der Waals surface area contributed by atoms with Gasteiger partial charge in [0, 0.05) is 10.9 Å². The van der Waals surface area contributed by atoms with Gasteiger partial charge in [-0.05, 0) is 50.1 Å². The number of fused-ring (bicyclic) bond motifs is 2. The molecule has 0 unspecified atom stereocenters. The fourth-order valence-corrected chi connectivity index (χ4v) is 4.86. The molecule has 1 N–H and O–H groups in total. The second kappa shape index (κ2) is 7.30. The summed E-state index contributed by atoms with van der Waals surface area (Å²) in [5, 5.41) is 10.3. The van der Waals surface area contributed by atoms with Crippen molar-refractivity contribution in [1.29, 1.82) is 0 Å². The largest absolute Gasteiger partial charge is 0.478 e.